The summed E-state index contributed by atoms with van der Waals surface area (Å²) in [5.41, 5.74) is 2.76. The number of hydrogen-bond donors (Lipinski definition) is 1. The minimum absolute atomic E-state index is 0.0420. The van der Waals surface area contributed by atoms with Gasteiger partial charge in [-0.15, -0.1) is 0 Å². The third-order valence-corrected chi connectivity index (χ3v) is 9.13. The van der Waals surface area contributed by atoms with Crippen LogP contribution in [0.5, 0.6) is 6.01 Å². The molecule has 13 heteroatoms. The average Bonchev–Trinajstić information content (AvgIpc) is 3.37. The van der Waals surface area contributed by atoms with Crippen molar-refractivity contribution in [3.05, 3.63) is 40.3 Å². The van der Waals surface area contributed by atoms with E-state index in [1.807, 2.05) is 67.6 Å². The maximum atomic E-state index is 17.1. The van der Waals surface area contributed by atoms with Crippen LogP contribution in [0.4, 0.5) is 15.0 Å². The number of H-pyrrole nitrogens is 1. The molecule has 0 radical (unpaired) electrons. The maximum absolute atomic E-state index is 17.1. The molecule has 0 bridgehead atoms. The van der Waals surface area contributed by atoms with Crippen molar-refractivity contribution in [2.45, 2.75) is 72.3 Å². The van der Waals surface area contributed by atoms with E-state index < -0.39 is 11.4 Å². The summed E-state index contributed by atoms with van der Waals surface area (Å²) in [6.45, 7) is 16.5. The van der Waals surface area contributed by atoms with Gasteiger partial charge in [0.25, 0.3) is 0 Å². The summed E-state index contributed by atoms with van der Waals surface area (Å²) in [6.07, 6.45) is -0.550. The Morgan fingerprint density at radius 1 is 1.13 bits per heavy atom. The number of ether oxygens (including phenoxy) is 3. The van der Waals surface area contributed by atoms with Crippen LogP contribution in [0.3, 0.4) is 0 Å². The number of aryl methyl sites for hydroxylation is 2. The molecule has 2 aromatic carbocycles. The largest absolute Gasteiger partial charge is 0.461 e. The summed E-state index contributed by atoms with van der Waals surface area (Å²) >= 11 is 6.99. The molecule has 2 aromatic heterocycles. The molecule has 1 amide bonds. The van der Waals surface area contributed by atoms with E-state index in [0.29, 0.717) is 48.5 Å². The number of hydrogen-bond acceptors (Lipinski definition) is 9. The number of aromatic amines is 1. The fourth-order valence-electron chi connectivity index (χ4n) is 6.50. The Kier molecular flexibility index (Phi) is 8.96. The fourth-order valence-corrected chi connectivity index (χ4v) is 6.78. The lowest BCUT2D eigenvalue weighted by Gasteiger charge is -2.45. The Morgan fingerprint density at radius 3 is 2.62 bits per heavy atom. The van der Waals surface area contributed by atoms with Crippen molar-refractivity contribution in [3.63, 3.8) is 0 Å². The summed E-state index contributed by atoms with van der Waals surface area (Å²) < 4.78 is 34.8. The summed E-state index contributed by atoms with van der Waals surface area (Å²) in [5, 5.41) is 8.89. The minimum Gasteiger partial charge on any atom is -0.461 e. The number of nitrogens with one attached hydrogen (secondary N) is 1. The summed E-state index contributed by atoms with van der Waals surface area (Å²) in [7, 11) is 2.03. The van der Waals surface area contributed by atoms with Crippen LogP contribution >= 0.6 is 11.6 Å². The van der Waals surface area contributed by atoms with Gasteiger partial charge in [-0.1, -0.05) is 17.7 Å². The standard InChI is InChI=1S/C34H43ClFN7O4/c1-18-9-10-25-27(21(4)39-40-25)26(18)28-24(35)13-23-30(29(28)36)37-32(46-17-22-16-41(8)11-12-45-22)38-31(23)42-14-20(3)43(15-19(42)2)33(44)47-34(5,6)7/h9-10,13,19-20,22H,11-12,14-17H2,1-8H3,(H,39,40)/t19-,20+,22?/m0/s1. The predicted molar refractivity (Wildman–Crippen MR) is 181 cm³/mol. The number of rotatable bonds is 5. The first-order valence-electron chi connectivity index (χ1n) is 16.1. The van der Waals surface area contributed by atoms with Crippen molar-refractivity contribution in [2.75, 3.05) is 51.3 Å². The zero-order chi connectivity index (χ0) is 33.8. The third-order valence-electron chi connectivity index (χ3n) is 8.83. The second-order valence-corrected chi connectivity index (χ2v) is 14.2. The number of carbonyl (C=O) groups is 1. The van der Waals surface area contributed by atoms with Crippen molar-refractivity contribution in [1.82, 2.24) is 30.0 Å². The number of likely N-dealkylation sites (N-methyl/N-ethyl adjacent to an activating group) is 1. The molecule has 47 heavy (non-hydrogen) atoms. The molecule has 3 atom stereocenters. The number of morpholine rings is 1. The average molecular weight is 668 g/mol. The highest BCUT2D eigenvalue weighted by Crippen LogP contribution is 2.43. The Balaban J connectivity index is 1.46. The fraction of sp³-hybridized carbons (Fsp3) is 0.529. The molecule has 6 rings (SSSR count). The van der Waals surface area contributed by atoms with Crippen LogP contribution in [0.25, 0.3) is 32.9 Å². The molecule has 0 aliphatic carbocycles. The number of carbonyl (C=O) groups excluding carboxylic acids is 1. The monoisotopic (exact) mass is 667 g/mol. The van der Waals surface area contributed by atoms with Gasteiger partial charge in [-0.05, 0) is 73.2 Å². The predicted octanol–water partition coefficient (Wildman–Crippen LogP) is 6.13. The van der Waals surface area contributed by atoms with Crippen molar-refractivity contribution in [2.24, 2.45) is 0 Å². The Morgan fingerprint density at radius 2 is 1.89 bits per heavy atom. The van der Waals surface area contributed by atoms with Gasteiger partial charge in [0.15, 0.2) is 5.82 Å². The van der Waals surface area contributed by atoms with Crippen molar-refractivity contribution in [3.8, 4) is 17.1 Å². The molecule has 1 unspecified atom stereocenters. The smallest absolute Gasteiger partial charge is 0.410 e. The maximum Gasteiger partial charge on any atom is 0.410 e. The number of aromatic nitrogens is 4. The van der Waals surface area contributed by atoms with E-state index >= 15 is 4.39 Å². The van der Waals surface area contributed by atoms with Crippen molar-refractivity contribution >= 4 is 45.3 Å². The number of fused-ring (bicyclic) bond motifs is 2. The van der Waals surface area contributed by atoms with E-state index in [1.54, 1.807) is 11.0 Å². The molecular weight excluding hydrogens is 625 g/mol. The van der Waals surface area contributed by atoms with Gasteiger partial charge in [-0.2, -0.15) is 15.1 Å². The van der Waals surface area contributed by atoms with E-state index in [0.717, 1.165) is 23.2 Å². The van der Waals surface area contributed by atoms with Crippen molar-refractivity contribution < 1.29 is 23.4 Å². The molecule has 11 nitrogen and oxygen atoms in total. The van der Waals surface area contributed by atoms with Gasteiger partial charge < -0.3 is 28.9 Å². The van der Waals surface area contributed by atoms with Gasteiger partial charge in [0.1, 0.15) is 29.6 Å². The van der Waals surface area contributed by atoms with Crippen LogP contribution in [0.2, 0.25) is 5.02 Å². The van der Waals surface area contributed by atoms with E-state index in [1.165, 1.54) is 0 Å². The molecular formula is C34H43ClFN7O4. The zero-order valence-electron chi connectivity index (χ0n) is 28.3. The first-order chi connectivity index (χ1) is 22.2. The Hall–Kier alpha value is -3.74. The van der Waals surface area contributed by atoms with Gasteiger partial charge in [-0.3, -0.25) is 5.10 Å². The molecule has 0 saturated carbocycles. The Bertz CT molecular complexity index is 1830. The summed E-state index contributed by atoms with van der Waals surface area (Å²) in [4.78, 5) is 28.5. The second-order valence-electron chi connectivity index (χ2n) is 13.8. The molecule has 2 aliphatic rings. The van der Waals surface area contributed by atoms with Crippen LogP contribution in [0.15, 0.2) is 18.2 Å². The molecule has 2 fully saturated rings. The van der Waals surface area contributed by atoms with E-state index in [4.69, 9.17) is 30.8 Å². The molecule has 2 saturated heterocycles. The van der Waals surface area contributed by atoms with Crippen LogP contribution < -0.4 is 9.64 Å². The SMILES string of the molecule is Cc1ccc2n[nH]c(C)c2c1-c1c(Cl)cc2c(N3C[C@@H](C)N(C(=O)OC(C)(C)C)C[C@@H]3C)nc(OCC3CN(C)CCO3)nc2c1F. The number of benzene rings is 2. The minimum atomic E-state index is -0.618. The summed E-state index contributed by atoms with van der Waals surface area (Å²) in [6, 6.07) is 5.18. The van der Waals surface area contributed by atoms with Gasteiger partial charge in [0.05, 0.1) is 17.1 Å². The topological polar surface area (TPSA) is 109 Å². The van der Waals surface area contributed by atoms with Gasteiger partial charge in [0.2, 0.25) is 0 Å². The Labute approximate surface area is 279 Å². The highest BCUT2D eigenvalue weighted by Gasteiger charge is 2.37. The molecule has 4 heterocycles. The number of amides is 1. The lowest BCUT2D eigenvalue weighted by Crippen LogP contribution is -2.59. The summed E-state index contributed by atoms with van der Waals surface area (Å²) in [5.74, 6) is -0.0874. The van der Waals surface area contributed by atoms with Crippen LogP contribution in [0.1, 0.15) is 45.9 Å². The first kappa shape index (κ1) is 33.2. The molecule has 0 spiro atoms. The second kappa shape index (κ2) is 12.7. The highest BCUT2D eigenvalue weighted by atomic mass is 35.5. The van der Waals surface area contributed by atoms with E-state index in [2.05, 4.69) is 25.0 Å². The zero-order valence-corrected chi connectivity index (χ0v) is 29.0. The molecule has 252 valence electrons. The normalized spacial score (nSPS) is 21.1. The third kappa shape index (κ3) is 6.55. The molecule has 2 aliphatic heterocycles. The number of halogens is 2. The van der Waals surface area contributed by atoms with Gasteiger partial charge in [0, 0.05) is 65.9 Å². The molecule has 4 aromatic rings. The highest BCUT2D eigenvalue weighted by molar-refractivity contribution is 6.35. The quantitative estimate of drug-likeness (QED) is 0.269. The van der Waals surface area contributed by atoms with Crippen LogP contribution in [-0.4, -0.2) is 106 Å². The lowest BCUT2D eigenvalue weighted by molar-refractivity contribution is -0.0416. The van der Waals surface area contributed by atoms with Gasteiger partial charge in [-0.25, -0.2) is 9.18 Å². The first-order valence-corrected chi connectivity index (χ1v) is 16.4. The van der Waals surface area contributed by atoms with Crippen LogP contribution in [-0.2, 0) is 9.47 Å². The van der Waals surface area contributed by atoms with Crippen molar-refractivity contribution in [1.29, 1.82) is 0 Å². The van der Waals surface area contributed by atoms with Crippen LogP contribution in [0, 0.1) is 19.7 Å². The van der Waals surface area contributed by atoms with E-state index in [9.17, 15) is 4.79 Å². The number of nitrogens with zero attached hydrogens (tertiary/aromatic N) is 6. The number of piperazine rings is 1. The number of anilines is 1. The van der Waals surface area contributed by atoms with Gasteiger partial charge >= 0.3 is 12.1 Å². The van der Waals surface area contributed by atoms with E-state index in [-0.39, 0.29) is 53.0 Å². The lowest BCUT2D eigenvalue weighted by atomic mass is 9.94. The molecule has 1 N–H and O–H groups in total.